The van der Waals surface area contributed by atoms with E-state index in [1.54, 1.807) is 0 Å². The number of rotatable bonds is 70. The number of amides is 1. The maximum Gasteiger partial charge on any atom is 0.305 e. The fourth-order valence-corrected chi connectivity index (χ4v) is 12.1. The average molecular weight is 1120 g/mol. The highest BCUT2D eigenvalue weighted by atomic mass is 16.5. The van der Waals surface area contributed by atoms with Crippen LogP contribution in [0.25, 0.3) is 0 Å². The van der Waals surface area contributed by atoms with Gasteiger partial charge in [0, 0.05) is 12.8 Å². The van der Waals surface area contributed by atoms with E-state index in [9.17, 15) is 19.8 Å². The Morgan fingerprint density at radius 2 is 0.519 bits per heavy atom. The molecule has 1 amide bonds. The molecule has 0 saturated carbocycles. The lowest BCUT2D eigenvalue weighted by Gasteiger charge is -2.22. The molecule has 0 aliphatic carbocycles. The second kappa shape index (κ2) is 69.4. The van der Waals surface area contributed by atoms with Crippen molar-refractivity contribution in [3.8, 4) is 0 Å². The fraction of sp³-hybridized carbons (Fsp3) is 0.973. The summed E-state index contributed by atoms with van der Waals surface area (Å²) in [6, 6.07) is -0.543. The van der Waals surface area contributed by atoms with Crippen LogP contribution in [0.2, 0.25) is 0 Å². The highest BCUT2D eigenvalue weighted by Gasteiger charge is 2.20. The Labute approximate surface area is 496 Å². The predicted molar refractivity (Wildman–Crippen MR) is 347 cm³/mol. The van der Waals surface area contributed by atoms with Gasteiger partial charge in [-0.1, -0.05) is 393 Å². The SMILES string of the molecule is CCCCCCCCCCCCCCCCCCCCCCCCCCCC(O)C(CO)NC(=O)CCCCCCCCCCCCCCCCCCCCCCOC(=O)CCCCCCCCCCCCCCCCCCC. The molecule has 0 spiro atoms. The summed E-state index contributed by atoms with van der Waals surface area (Å²) in [5, 5.41) is 23.5. The quantitative estimate of drug-likeness (QED) is 0.0417. The van der Waals surface area contributed by atoms with Crippen molar-refractivity contribution in [2.75, 3.05) is 13.2 Å². The van der Waals surface area contributed by atoms with Crippen molar-refractivity contribution < 1.29 is 24.5 Å². The summed E-state index contributed by atoms with van der Waals surface area (Å²) in [4.78, 5) is 24.7. The number of unbranched alkanes of at least 4 members (excludes halogenated alkanes) is 59. The van der Waals surface area contributed by atoms with Gasteiger partial charge >= 0.3 is 5.97 Å². The topological polar surface area (TPSA) is 95.9 Å². The van der Waals surface area contributed by atoms with Crippen LogP contribution in [0.3, 0.4) is 0 Å². The van der Waals surface area contributed by atoms with Crippen LogP contribution in [0, 0.1) is 0 Å². The summed E-state index contributed by atoms with van der Waals surface area (Å²) in [6.45, 7) is 5.01. The Hall–Kier alpha value is -1.14. The van der Waals surface area contributed by atoms with Crippen molar-refractivity contribution in [3.05, 3.63) is 0 Å². The van der Waals surface area contributed by atoms with Crippen molar-refractivity contribution in [1.29, 1.82) is 0 Å². The lowest BCUT2D eigenvalue weighted by atomic mass is 10.0. The standard InChI is InChI=1S/C73H145NO5/c1-3-5-7-9-11-13-15-17-19-21-22-23-24-25-26-27-30-34-37-41-45-49-53-57-61-65-71(76)70(69-75)74-72(77)66-62-58-54-50-46-42-38-35-31-28-29-32-36-40-44-48-52-56-60-64-68-79-73(78)67-63-59-55-51-47-43-39-33-20-18-16-14-12-10-8-6-4-2/h70-71,75-76H,3-69H2,1-2H3,(H,74,77). The van der Waals surface area contributed by atoms with E-state index < -0.39 is 12.1 Å². The zero-order valence-electron chi connectivity index (χ0n) is 54.2. The number of hydrogen-bond acceptors (Lipinski definition) is 5. The molecular formula is C73H145NO5. The molecule has 0 aliphatic rings. The molecule has 0 bridgehead atoms. The molecule has 2 unspecified atom stereocenters. The van der Waals surface area contributed by atoms with Crippen LogP contribution in [0.4, 0.5) is 0 Å². The number of nitrogens with one attached hydrogen (secondary N) is 1. The normalized spacial score (nSPS) is 12.4. The summed E-state index contributed by atoms with van der Waals surface area (Å²) in [5.41, 5.74) is 0. The minimum Gasteiger partial charge on any atom is -0.466 e. The highest BCUT2D eigenvalue weighted by molar-refractivity contribution is 5.76. The third-order valence-corrected chi connectivity index (χ3v) is 17.7. The van der Waals surface area contributed by atoms with E-state index in [1.807, 2.05) is 0 Å². The first-order valence-corrected chi connectivity index (χ1v) is 36.8. The number of carbonyl (C=O) groups excluding carboxylic acids is 2. The Balaban J connectivity index is 3.37. The number of hydrogen-bond donors (Lipinski definition) is 3. The maximum absolute atomic E-state index is 12.6. The van der Waals surface area contributed by atoms with Crippen LogP contribution in [0.15, 0.2) is 0 Å². The van der Waals surface area contributed by atoms with Crippen LogP contribution >= 0.6 is 0 Å². The van der Waals surface area contributed by atoms with E-state index in [-0.39, 0.29) is 18.5 Å². The molecule has 79 heavy (non-hydrogen) atoms. The van der Waals surface area contributed by atoms with Crippen molar-refractivity contribution >= 4 is 11.9 Å². The second-order valence-electron chi connectivity index (χ2n) is 25.6. The van der Waals surface area contributed by atoms with E-state index >= 15 is 0 Å². The number of esters is 1. The average Bonchev–Trinajstić information content (AvgIpc) is 3.45. The number of aliphatic hydroxyl groups excluding tert-OH is 2. The third kappa shape index (κ3) is 65.9. The molecule has 0 aromatic rings. The van der Waals surface area contributed by atoms with E-state index in [0.717, 1.165) is 38.5 Å². The van der Waals surface area contributed by atoms with Crippen LogP contribution in [-0.4, -0.2) is 47.4 Å². The smallest absolute Gasteiger partial charge is 0.305 e. The van der Waals surface area contributed by atoms with Crippen molar-refractivity contribution in [3.63, 3.8) is 0 Å². The third-order valence-electron chi connectivity index (χ3n) is 17.7. The van der Waals surface area contributed by atoms with Gasteiger partial charge in [0.05, 0.1) is 25.4 Å². The molecule has 0 aromatic heterocycles. The zero-order valence-corrected chi connectivity index (χ0v) is 54.2. The second-order valence-corrected chi connectivity index (χ2v) is 25.6. The van der Waals surface area contributed by atoms with Crippen molar-refractivity contribution in [1.82, 2.24) is 5.32 Å². The fourth-order valence-electron chi connectivity index (χ4n) is 12.1. The lowest BCUT2D eigenvalue weighted by Crippen LogP contribution is -2.45. The number of aliphatic hydroxyl groups is 2. The molecule has 0 heterocycles. The summed E-state index contributed by atoms with van der Waals surface area (Å²) < 4.78 is 5.51. The number of carbonyl (C=O) groups is 2. The molecule has 0 fully saturated rings. The van der Waals surface area contributed by atoms with Gasteiger partial charge in [-0.3, -0.25) is 9.59 Å². The van der Waals surface area contributed by atoms with Gasteiger partial charge in [-0.2, -0.15) is 0 Å². The van der Waals surface area contributed by atoms with Crippen molar-refractivity contribution in [2.45, 2.75) is 443 Å². The van der Waals surface area contributed by atoms with Crippen LogP contribution in [0.5, 0.6) is 0 Å². The molecule has 6 heteroatoms. The van der Waals surface area contributed by atoms with Crippen LogP contribution < -0.4 is 5.32 Å². The Bertz CT molecular complexity index is 1150. The first-order valence-electron chi connectivity index (χ1n) is 36.8. The molecule has 0 saturated heterocycles. The summed E-state index contributed by atoms with van der Waals surface area (Å²) in [7, 11) is 0. The molecule has 0 radical (unpaired) electrons. The summed E-state index contributed by atoms with van der Waals surface area (Å²) in [6.07, 6.45) is 84.4. The monoisotopic (exact) mass is 1120 g/mol. The van der Waals surface area contributed by atoms with Gasteiger partial charge in [-0.25, -0.2) is 0 Å². The Morgan fingerprint density at radius 3 is 0.772 bits per heavy atom. The van der Waals surface area contributed by atoms with Gasteiger partial charge in [-0.05, 0) is 25.7 Å². The zero-order chi connectivity index (χ0) is 57.1. The van der Waals surface area contributed by atoms with Gasteiger partial charge in [0.25, 0.3) is 0 Å². The van der Waals surface area contributed by atoms with Crippen LogP contribution in [-0.2, 0) is 14.3 Å². The summed E-state index contributed by atoms with van der Waals surface area (Å²) in [5.74, 6) is -0.0140. The number of ether oxygens (including phenoxy) is 1. The summed E-state index contributed by atoms with van der Waals surface area (Å²) >= 11 is 0. The van der Waals surface area contributed by atoms with Crippen LogP contribution in [0.1, 0.15) is 431 Å². The van der Waals surface area contributed by atoms with Gasteiger partial charge in [0.15, 0.2) is 0 Å². The van der Waals surface area contributed by atoms with E-state index in [1.165, 1.54) is 360 Å². The molecule has 0 aromatic carbocycles. The molecule has 472 valence electrons. The first-order chi connectivity index (χ1) is 39.0. The minimum atomic E-state index is -0.666. The van der Waals surface area contributed by atoms with E-state index in [2.05, 4.69) is 19.2 Å². The Kier molecular flexibility index (Phi) is 68.4. The molecular weight excluding hydrogens is 971 g/mol. The van der Waals surface area contributed by atoms with Crippen molar-refractivity contribution in [2.24, 2.45) is 0 Å². The Morgan fingerprint density at radius 1 is 0.304 bits per heavy atom. The van der Waals surface area contributed by atoms with Gasteiger partial charge in [0.2, 0.25) is 5.91 Å². The molecule has 3 N–H and O–H groups in total. The maximum atomic E-state index is 12.6. The van der Waals surface area contributed by atoms with Gasteiger partial charge in [0.1, 0.15) is 0 Å². The first kappa shape index (κ1) is 77.9. The minimum absolute atomic E-state index is 0.0165. The highest BCUT2D eigenvalue weighted by Crippen LogP contribution is 2.20. The molecule has 2 atom stereocenters. The van der Waals surface area contributed by atoms with Gasteiger partial charge < -0.3 is 20.3 Å². The molecule has 0 aliphatic heterocycles. The van der Waals surface area contributed by atoms with E-state index in [0.29, 0.717) is 25.9 Å². The molecule has 6 nitrogen and oxygen atoms in total. The van der Waals surface area contributed by atoms with E-state index in [4.69, 9.17) is 4.74 Å². The molecule has 0 rings (SSSR count). The van der Waals surface area contributed by atoms with Gasteiger partial charge in [-0.15, -0.1) is 0 Å². The predicted octanol–water partition coefficient (Wildman–Crippen LogP) is 23.8. The lowest BCUT2D eigenvalue weighted by molar-refractivity contribution is -0.143. The largest absolute Gasteiger partial charge is 0.466 e.